The number of nitrogens with one attached hydrogen (secondary N) is 2. The van der Waals surface area contributed by atoms with Gasteiger partial charge in [0, 0.05) is 18.2 Å². The summed E-state index contributed by atoms with van der Waals surface area (Å²) in [6, 6.07) is 9.54. The molecule has 4 N–H and O–H groups in total. The zero-order valence-electron chi connectivity index (χ0n) is 16.8. The summed E-state index contributed by atoms with van der Waals surface area (Å²) in [7, 11) is 0. The molecule has 31 heavy (non-hydrogen) atoms. The van der Waals surface area contributed by atoms with Gasteiger partial charge in [-0.05, 0) is 49.8 Å². The number of ether oxygens (including phenoxy) is 1. The third-order valence-electron chi connectivity index (χ3n) is 5.61. The molecule has 0 bridgehead atoms. The largest absolute Gasteiger partial charge is 0.573 e. The third-order valence-corrected chi connectivity index (χ3v) is 5.61. The lowest BCUT2D eigenvalue weighted by Gasteiger charge is -2.26. The second-order valence-electron chi connectivity index (χ2n) is 7.90. The molecule has 0 radical (unpaired) electrons. The van der Waals surface area contributed by atoms with E-state index in [0.717, 1.165) is 32.2 Å². The molecule has 3 aromatic rings. The van der Waals surface area contributed by atoms with Gasteiger partial charge in [0.1, 0.15) is 11.6 Å². The summed E-state index contributed by atoms with van der Waals surface area (Å²) in [5, 5.41) is 3.31. The number of anilines is 1. The lowest BCUT2D eigenvalue weighted by molar-refractivity contribution is -0.274. The average Bonchev–Trinajstić information content (AvgIpc) is 3.02. The smallest absolute Gasteiger partial charge is 0.405 e. The minimum Gasteiger partial charge on any atom is -0.405 e. The van der Waals surface area contributed by atoms with Gasteiger partial charge in [-0.15, -0.1) is 13.2 Å². The summed E-state index contributed by atoms with van der Waals surface area (Å²) in [6.45, 7) is 0.643. The van der Waals surface area contributed by atoms with Crippen LogP contribution in [0.2, 0.25) is 0 Å². The molecule has 7 nitrogen and oxygen atoms in total. The molecule has 2 heterocycles. The Morgan fingerprint density at radius 1 is 1.16 bits per heavy atom. The van der Waals surface area contributed by atoms with E-state index < -0.39 is 12.1 Å². The molecule has 0 amide bonds. The molecule has 1 aliphatic rings. The third kappa shape index (κ3) is 5.19. The quantitative estimate of drug-likeness (QED) is 0.550. The summed E-state index contributed by atoms with van der Waals surface area (Å²) in [5.74, 6) is 0.771. The normalized spacial score (nSPS) is 19.5. The number of hydrogen-bond acceptors (Lipinski definition) is 5. The molecule has 4 rings (SSSR count). The van der Waals surface area contributed by atoms with Gasteiger partial charge in [-0.3, -0.25) is 4.57 Å². The number of fused-ring (bicyclic) bond motifs is 1. The fourth-order valence-electron chi connectivity index (χ4n) is 3.95. The zero-order valence-corrected chi connectivity index (χ0v) is 16.8. The van der Waals surface area contributed by atoms with E-state index in [0.29, 0.717) is 22.9 Å². The maximum Gasteiger partial charge on any atom is 0.573 e. The minimum absolute atomic E-state index is 0.109. The molecule has 0 atom stereocenters. The van der Waals surface area contributed by atoms with Gasteiger partial charge in [-0.25, -0.2) is 9.78 Å². The van der Waals surface area contributed by atoms with Crippen LogP contribution in [0.4, 0.5) is 19.0 Å². The van der Waals surface area contributed by atoms with Crippen LogP contribution >= 0.6 is 0 Å². The fraction of sp³-hybridized carbons (Fsp3) is 0.429. The van der Waals surface area contributed by atoms with E-state index in [9.17, 15) is 18.0 Å². The Hall–Kier alpha value is -3.01. The first-order valence-electron chi connectivity index (χ1n) is 10.2. The number of aromatic nitrogens is 3. The Kier molecular flexibility index (Phi) is 5.90. The van der Waals surface area contributed by atoms with E-state index in [1.165, 1.54) is 22.8 Å². The van der Waals surface area contributed by atoms with Gasteiger partial charge in [-0.1, -0.05) is 18.2 Å². The topological polar surface area (TPSA) is 98.0 Å². The lowest BCUT2D eigenvalue weighted by Crippen LogP contribution is -2.29. The van der Waals surface area contributed by atoms with Gasteiger partial charge in [0.2, 0.25) is 0 Å². The molecule has 2 aromatic heterocycles. The minimum atomic E-state index is -4.82. The molecular formula is C21H24F3N5O2. The van der Waals surface area contributed by atoms with Crippen LogP contribution in [0.3, 0.4) is 0 Å². The Morgan fingerprint density at radius 2 is 1.90 bits per heavy atom. The maximum atomic E-state index is 12.7. The molecule has 0 saturated heterocycles. The summed E-state index contributed by atoms with van der Waals surface area (Å²) < 4.78 is 43.6. The summed E-state index contributed by atoms with van der Waals surface area (Å²) >= 11 is 0. The second kappa shape index (κ2) is 8.62. The average molecular weight is 435 g/mol. The monoisotopic (exact) mass is 435 g/mol. The first-order chi connectivity index (χ1) is 14.8. The van der Waals surface area contributed by atoms with Gasteiger partial charge in [0.15, 0.2) is 5.65 Å². The van der Waals surface area contributed by atoms with Gasteiger partial charge < -0.3 is 20.8 Å². The van der Waals surface area contributed by atoms with Crippen LogP contribution in [-0.2, 0) is 6.54 Å². The number of H-pyrrole nitrogens is 1. The SMILES string of the molecule is NC1CCC(CNc2ccc3[nH]c(=O)n(Cc4ccccc4OC(F)(F)F)c3n2)CC1. The highest BCUT2D eigenvalue weighted by molar-refractivity contribution is 5.73. The van der Waals surface area contributed by atoms with Crippen molar-refractivity contribution in [3.05, 3.63) is 52.4 Å². The predicted octanol–water partition coefficient (Wildman–Crippen LogP) is 3.60. The number of pyridine rings is 1. The van der Waals surface area contributed by atoms with Crippen molar-refractivity contribution in [3.8, 4) is 5.75 Å². The van der Waals surface area contributed by atoms with Crippen LogP contribution in [0.25, 0.3) is 11.2 Å². The van der Waals surface area contributed by atoms with Crippen molar-refractivity contribution in [1.29, 1.82) is 0 Å². The molecule has 0 unspecified atom stereocenters. The number of rotatable bonds is 6. The van der Waals surface area contributed by atoms with Crippen LogP contribution < -0.4 is 21.5 Å². The molecule has 1 fully saturated rings. The van der Waals surface area contributed by atoms with Crippen molar-refractivity contribution < 1.29 is 17.9 Å². The van der Waals surface area contributed by atoms with Gasteiger partial charge >= 0.3 is 12.1 Å². The van der Waals surface area contributed by atoms with Crippen LogP contribution in [0.5, 0.6) is 5.75 Å². The van der Waals surface area contributed by atoms with Crippen LogP contribution in [0.15, 0.2) is 41.2 Å². The van der Waals surface area contributed by atoms with Crippen molar-refractivity contribution in [1.82, 2.24) is 14.5 Å². The fourth-order valence-corrected chi connectivity index (χ4v) is 3.95. The van der Waals surface area contributed by atoms with Gasteiger partial charge in [0.05, 0.1) is 12.1 Å². The second-order valence-corrected chi connectivity index (χ2v) is 7.90. The zero-order chi connectivity index (χ0) is 22.0. The lowest BCUT2D eigenvalue weighted by atomic mass is 9.86. The van der Waals surface area contributed by atoms with Crippen molar-refractivity contribution in [2.45, 2.75) is 44.6 Å². The van der Waals surface area contributed by atoms with E-state index in [4.69, 9.17) is 5.73 Å². The van der Waals surface area contributed by atoms with E-state index >= 15 is 0 Å². The van der Waals surface area contributed by atoms with Crippen molar-refractivity contribution >= 4 is 17.0 Å². The molecule has 166 valence electrons. The number of alkyl halides is 3. The first kappa shape index (κ1) is 21.2. The number of hydrogen-bond donors (Lipinski definition) is 3. The highest BCUT2D eigenvalue weighted by Gasteiger charge is 2.32. The number of benzene rings is 1. The predicted molar refractivity (Wildman–Crippen MR) is 111 cm³/mol. The Morgan fingerprint density at radius 3 is 2.65 bits per heavy atom. The number of halogens is 3. The number of aromatic amines is 1. The first-order valence-corrected chi connectivity index (χ1v) is 10.2. The van der Waals surface area contributed by atoms with Crippen molar-refractivity contribution in [3.63, 3.8) is 0 Å². The Bertz CT molecular complexity index is 1100. The molecule has 0 spiro atoms. The highest BCUT2D eigenvalue weighted by Crippen LogP contribution is 2.27. The van der Waals surface area contributed by atoms with E-state index in [2.05, 4.69) is 20.0 Å². The van der Waals surface area contributed by atoms with E-state index in [1.54, 1.807) is 18.2 Å². The van der Waals surface area contributed by atoms with Crippen molar-refractivity contribution in [2.75, 3.05) is 11.9 Å². The molecule has 10 heteroatoms. The van der Waals surface area contributed by atoms with Crippen LogP contribution in [-0.4, -0.2) is 33.5 Å². The summed E-state index contributed by atoms with van der Waals surface area (Å²) in [4.78, 5) is 19.7. The Labute approximate surface area is 176 Å². The summed E-state index contributed by atoms with van der Waals surface area (Å²) in [5.41, 5.74) is 6.59. The van der Waals surface area contributed by atoms with Crippen LogP contribution in [0, 0.1) is 5.92 Å². The maximum absolute atomic E-state index is 12.7. The van der Waals surface area contributed by atoms with Crippen molar-refractivity contribution in [2.24, 2.45) is 11.7 Å². The summed E-state index contributed by atoms with van der Waals surface area (Å²) in [6.07, 6.45) is -0.687. The van der Waals surface area contributed by atoms with E-state index in [1.807, 2.05) is 0 Å². The molecule has 1 aromatic carbocycles. The molecule has 0 aliphatic heterocycles. The van der Waals surface area contributed by atoms with Crippen LogP contribution in [0.1, 0.15) is 31.2 Å². The Balaban J connectivity index is 1.55. The molecule has 1 aliphatic carbocycles. The molecule has 1 saturated carbocycles. The number of nitrogens with zero attached hydrogens (tertiary/aromatic N) is 2. The highest BCUT2D eigenvalue weighted by atomic mass is 19.4. The van der Waals surface area contributed by atoms with E-state index in [-0.39, 0.29) is 23.9 Å². The number of para-hydroxylation sites is 1. The van der Waals surface area contributed by atoms with Gasteiger partial charge in [-0.2, -0.15) is 0 Å². The van der Waals surface area contributed by atoms with Gasteiger partial charge in [0.25, 0.3) is 0 Å². The molecular weight excluding hydrogens is 411 g/mol. The number of nitrogens with two attached hydrogens (primary N) is 1. The standard InChI is InChI=1S/C21H24F3N5O2/c22-21(23,24)31-17-4-2-1-3-14(17)12-29-19-16(27-20(29)30)9-10-18(28-19)26-11-13-5-7-15(25)8-6-13/h1-4,9-10,13,15H,5-8,11-12,25H2,(H,26,28)(H,27,30). The number of imidazole rings is 1.